The van der Waals surface area contributed by atoms with E-state index in [-0.39, 0.29) is 6.03 Å². The number of urea groups is 1. The van der Waals surface area contributed by atoms with Gasteiger partial charge >= 0.3 is 6.03 Å². The minimum absolute atomic E-state index is 0.0923. The van der Waals surface area contributed by atoms with Crippen LogP contribution < -0.4 is 10.2 Å². The fraction of sp³-hybridized carbons (Fsp3) is 0.611. The van der Waals surface area contributed by atoms with Gasteiger partial charge in [0, 0.05) is 45.0 Å². The number of hydrogen-bond donors (Lipinski definition) is 1. The molecule has 5 heteroatoms. The standard InChI is InChI=1S/C18H28N4O/c23-18(19-9-12-20-10-5-2-6-11-20)22-15-13-21(14-16-22)17-7-3-1-4-8-17/h1,3-4,7-8H,2,5-6,9-16H2,(H,19,23). The Hall–Kier alpha value is -1.75. The quantitative estimate of drug-likeness (QED) is 0.923. The van der Waals surface area contributed by atoms with Crippen LogP contribution in [0.3, 0.4) is 0 Å². The van der Waals surface area contributed by atoms with Crippen molar-refractivity contribution in [3.8, 4) is 0 Å². The summed E-state index contributed by atoms with van der Waals surface area (Å²) in [5, 5.41) is 3.08. The van der Waals surface area contributed by atoms with Crippen molar-refractivity contribution in [3.05, 3.63) is 30.3 Å². The molecule has 1 N–H and O–H groups in total. The molecule has 2 amide bonds. The van der Waals surface area contributed by atoms with E-state index in [1.807, 2.05) is 11.0 Å². The highest BCUT2D eigenvalue weighted by Gasteiger charge is 2.21. The predicted octanol–water partition coefficient (Wildman–Crippen LogP) is 2.00. The summed E-state index contributed by atoms with van der Waals surface area (Å²) in [5.41, 5.74) is 1.25. The second-order valence-corrected chi connectivity index (χ2v) is 6.44. The van der Waals surface area contributed by atoms with E-state index in [0.29, 0.717) is 0 Å². The number of benzene rings is 1. The van der Waals surface area contributed by atoms with Gasteiger partial charge in [-0.25, -0.2) is 4.79 Å². The Kier molecular flexibility index (Phi) is 5.75. The van der Waals surface area contributed by atoms with E-state index in [4.69, 9.17) is 0 Å². The summed E-state index contributed by atoms with van der Waals surface area (Å²) < 4.78 is 0. The average Bonchev–Trinajstić information content (AvgIpc) is 2.63. The maximum atomic E-state index is 12.3. The number of nitrogens with zero attached hydrogens (tertiary/aromatic N) is 3. The van der Waals surface area contributed by atoms with Crippen LogP contribution in [0.4, 0.5) is 10.5 Å². The van der Waals surface area contributed by atoms with E-state index in [1.165, 1.54) is 38.0 Å². The average molecular weight is 316 g/mol. The lowest BCUT2D eigenvalue weighted by Crippen LogP contribution is -2.52. The summed E-state index contributed by atoms with van der Waals surface area (Å²) in [6.07, 6.45) is 3.96. The Bertz CT molecular complexity index is 479. The molecular weight excluding hydrogens is 288 g/mol. The molecule has 3 rings (SSSR count). The van der Waals surface area contributed by atoms with Crippen LogP contribution >= 0.6 is 0 Å². The lowest BCUT2D eigenvalue weighted by Gasteiger charge is -2.36. The van der Waals surface area contributed by atoms with Crippen LogP contribution in [0, 0.1) is 0 Å². The highest BCUT2D eigenvalue weighted by atomic mass is 16.2. The topological polar surface area (TPSA) is 38.8 Å². The Morgan fingerprint density at radius 2 is 1.61 bits per heavy atom. The van der Waals surface area contributed by atoms with Gasteiger partial charge in [-0.05, 0) is 38.1 Å². The van der Waals surface area contributed by atoms with Gasteiger partial charge in [-0.15, -0.1) is 0 Å². The first-order valence-electron chi connectivity index (χ1n) is 8.88. The lowest BCUT2D eigenvalue weighted by molar-refractivity contribution is 0.188. The van der Waals surface area contributed by atoms with Crippen molar-refractivity contribution < 1.29 is 4.79 Å². The number of hydrogen-bond acceptors (Lipinski definition) is 3. The number of carbonyl (C=O) groups excluding carboxylic acids is 1. The molecule has 0 spiro atoms. The molecule has 0 bridgehead atoms. The molecule has 1 aromatic rings. The van der Waals surface area contributed by atoms with Gasteiger partial charge in [0.2, 0.25) is 0 Å². The highest BCUT2D eigenvalue weighted by Crippen LogP contribution is 2.15. The number of nitrogens with one attached hydrogen (secondary N) is 1. The lowest BCUT2D eigenvalue weighted by atomic mass is 10.1. The molecule has 126 valence electrons. The number of amides is 2. The van der Waals surface area contributed by atoms with E-state index >= 15 is 0 Å². The van der Waals surface area contributed by atoms with Crippen molar-refractivity contribution in [1.82, 2.24) is 15.1 Å². The van der Waals surface area contributed by atoms with Crippen LogP contribution in [0.2, 0.25) is 0 Å². The summed E-state index contributed by atoms with van der Waals surface area (Å²) >= 11 is 0. The second kappa shape index (κ2) is 8.20. The Labute approximate surface area is 139 Å². The SMILES string of the molecule is O=C(NCCN1CCCCC1)N1CCN(c2ccccc2)CC1. The molecule has 0 aliphatic carbocycles. The van der Waals surface area contributed by atoms with E-state index in [2.05, 4.69) is 39.4 Å². The molecule has 0 saturated carbocycles. The van der Waals surface area contributed by atoms with E-state index < -0.39 is 0 Å². The van der Waals surface area contributed by atoms with Crippen LogP contribution in [-0.4, -0.2) is 68.2 Å². The normalized spacial score (nSPS) is 19.7. The molecule has 0 unspecified atom stereocenters. The van der Waals surface area contributed by atoms with Gasteiger partial charge in [-0.2, -0.15) is 0 Å². The molecule has 2 aliphatic heterocycles. The predicted molar refractivity (Wildman–Crippen MR) is 93.9 cm³/mol. The van der Waals surface area contributed by atoms with Gasteiger partial charge < -0.3 is 20.0 Å². The molecular formula is C18H28N4O. The summed E-state index contributed by atoms with van der Waals surface area (Å²) in [6, 6.07) is 10.5. The van der Waals surface area contributed by atoms with Crippen molar-refractivity contribution in [2.45, 2.75) is 19.3 Å². The molecule has 2 fully saturated rings. The van der Waals surface area contributed by atoms with Gasteiger partial charge in [-0.1, -0.05) is 24.6 Å². The first-order chi connectivity index (χ1) is 11.3. The van der Waals surface area contributed by atoms with E-state index in [1.54, 1.807) is 0 Å². The first kappa shape index (κ1) is 16.1. The number of carbonyl (C=O) groups is 1. The summed E-state index contributed by atoms with van der Waals surface area (Å²) in [5.74, 6) is 0. The van der Waals surface area contributed by atoms with Crippen molar-refractivity contribution in [3.63, 3.8) is 0 Å². The third-order valence-corrected chi connectivity index (χ3v) is 4.84. The molecule has 2 aliphatic rings. The third-order valence-electron chi connectivity index (χ3n) is 4.84. The minimum atomic E-state index is 0.0923. The van der Waals surface area contributed by atoms with Gasteiger partial charge in [0.25, 0.3) is 0 Å². The fourth-order valence-corrected chi connectivity index (χ4v) is 3.42. The summed E-state index contributed by atoms with van der Waals surface area (Å²) in [6.45, 7) is 7.52. The monoisotopic (exact) mass is 316 g/mol. The first-order valence-corrected chi connectivity index (χ1v) is 8.88. The number of rotatable bonds is 4. The molecule has 2 saturated heterocycles. The van der Waals surface area contributed by atoms with Crippen LogP contribution in [-0.2, 0) is 0 Å². The van der Waals surface area contributed by atoms with Gasteiger partial charge in [0.05, 0.1) is 0 Å². The number of anilines is 1. The maximum absolute atomic E-state index is 12.3. The van der Waals surface area contributed by atoms with Crippen LogP contribution in [0.5, 0.6) is 0 Å². The molecule has 1 aromatic carbocycles. The minimum Gasteiger partial charge on any atom is -0.368 e. The zero-order valence-electron chi connectivity index (χ0n) is 13.9. The summed E-state index contributed by atoms with van der Waals surface area (Å²) in [4.78, 5) is 19.0. The number of piperidine rings is 1. The zero-order valence-corrected chi connectivity index (χ0v) is 13.9. The van der Waals surface area contributed by atoms with Crippen molar-refractivity contribution in [1.29, 1.82) is 0 Å². The Morgan fingerprint density at radius 3 is 2.30 bits per heavy atom. The summed E-state index contributed by atoms with van der Waals surface area (Å²) in [7, 11) is 0. The number of piperazine rings is 1. The van der Waals surface area contributed by atoms with E-state index in [0.717, 1.165) is 39.3 Å². The van der Waals surface area contributed by atoms with Crippen LogP contribution in [0.25, 0.3) is 0 Å². The van der Waals surface area contributed by atoms with Crippen LogP contribution in [0.1, 0.15) is 19.3 Å². The number of para-hydroxylation sites is 1. The fourth-order valence-electron chi connectivity index (χ4n) is 3.42. The molecule has 23 heavy (non-hydrogen) atoms. The molecule has 2 heterocycles. The largest absolute Gasteiger partial charge is 0.368 e. The molecule has 0 radical (unpaired) electrons. The third kappa shape index (κ3) is 4.61. The smallest absolute Gasteiger partial charge is 0.317 e. The molecule has 0 atom stereocenters. The second-order valence-electron chi connectivity index (χ2n) is 6.44. The maximum Gasteiger partial charge on any atom is 0.317 e. The van der Waals surface area contributed by atoms with Crippen molar-refractivity contribution >= 4 is 11.7 Å². The van der Waals surface area contributed by atoms with E-state index in [9.17, 15) is 4.79 Å². The molecule has 0 aromatic heterocycles. The van der Waals surface area contributed by atoms with Crippen LogP contribution in [0.15, 0.2) is 30.3 Å². The Balaban J connectivity index is 1.36. The van der Waals surface area contributed by atoms with Crippen molar-refractivity contribution in [2.24, 2.45) is 0 Å². The molecule has 5 nitrogen and oxygen atoms in total. The van der Waals surface area contributed by atoms with Gasteiger partial charge in [0.15, 0.2) is 0 Å². The Morgan fingerprint density at radius 1 is 0.913 bits per heavy atom. The van der Waals surface area contributed by atoms with Gasteiger partial charge in [0.1, 0.15) is 0 Å². The number of likely N-dealkylation sites (tertiary alicyclic amines) is 1. The zero-order chi connectivity index (χ0) is 15.9. The van der Waals surface area contributed by atoms with Crippen molar-refractivity contribution in [2.75, 3.05) is 57.3 Å². The van der Waals surface area contributed by atoms with Gasteiger partial charge in [-0.3, -0.25) is 0 Å². The highest BCUT2D eigenvalue weighted by molar-refractivity contribution is 5.74.